The number of nitrogens with one attached hydrogen (secondary N) is 2. The summed E-state index contributed by atoms with van der Waals surface area (Å²) in [5, 5.41) is 5.32. The first-order valence-corrected chi connectivity index (χ1v) is 8.49. The Morgan fingerprint density at radius 2 is 1.50 bits per heavy atom. The standard InChI is InChI=1S/C20H24N2O4/c1-5-13-8-7-9-14(6-2)18(13)22-20(24)19(23)21-16-11-10-15(25-3)12-17(16)26-4/h7-12H,5-6H2,1-4H3,(H,21,23)(H,22,24). The second-order valence-corrected chi connectivity index (χ2v) is 5.63. The van der Waals surface area contributed by atoms with Gasteiger partial charge in [-0.1, -0.05) is 32.0 Å². The van der Waals surface area contributed by atoms with Gasteiger partial charge in [0.15, 0.2) is 0 Å². The van der Waals surface area contributed by atoms with Gasteiger partial charge in [0.1, 0.15) is 11.5 Å². The number of hydrogen-bond donors (Lipinski definition) is 2. The maximum atomic E-state index is 12.4. The van der Waals surface area contributed by atoms with E-state index in [9.17, 15) is 9.59 Å². The van der Waals surface area contributed by atoms with Gasteiger partial charge in [-0.2, -0.15) is 0 Å². The van der Waals surface area contributed by atoms with Crippen molar-refractivity contribution in [2.45, 2.75) is 26.7 Å². The molecule has 0 saturated carbocycles. The minimum atomic E-state index is -0.763. The Morgan fingerprint density at radius 3 is 2.04 bits per heavy atom. The lowest BCUT2D eigenvalue weighted by atomic mass is 10.0. The van der Waals surface area contributed by atoms with Crippen LogP contribution in [0.3, 0.4) is 0 Å². The van der Waals surface area contributed by atoms with Gasteiger partial charge in [0.25, 0.3) is 0 Å². The minimum Gasteiger partial charge on any atom is -0.497 e. The molecule has 2 aromatic carbocycles. The molecule has 2 aromatic rings. The first kappa shape index (κ1) is 19.3. The molecule has 0 bridgehead atoms. The van der Waals surface area contributed by atoms with Gasteiger partial charge in [-0.25, -0.2) is 0 Å². The molecular formula is C20H24N2O4. The molecule has 6 nitrogen and oxygen atoms in total. The van der Waals surface area contributed by atoms with Gasteiger partial charge < -0.3 is 20.1 Å². The van der Waals surface area contributed by atoms with Crippen molar-refractivity contribution < 1.29 is 19.1 Å². The van der Waals surface area contributed by atoms with Crippen LogP contribution in [0.1, 0.15) is 25.0 Å². The number of amides is 2. The van der Waals surface area contributed by atoms with Crippen molar-refractivity contribution in [1.82, 2.24) is 0 Å². The highest BCUT2D eigenvalue weighted by Gasteiger charge is 2.18. The van der Waals surface area contributed by atoms with Crippen LogP contribution in [-0.2, 0) is 22.4 Å². The number of anilines is 2. The van der Waals surface area contributed by atoms with Gasteiger partial charge in [0.2, 0.25) is 0 Å². The van der Waals surface area contributed by atoms with E-state index >= 15 is 0 Å². The summed E-state index contributed by atoms with van der Waals surface area (Å²) in [6.45, 7) is 4.01. The number of ether oxygens (including phenoxy) is 2. The van der Waals surface area contributed by atoms with Crippen LogP contribution in [0.5, 0.6) is 11.5 Å². The lowest BCUT2D eigenvalue weighted by molar-refractivity contribution is -0.133. The normalized spacial score (nSPS) is 10.2. The monoisotopic (exact) mass is 356 g/mol. The Bertz CT molecular complexity index is 780. The smallest absolute Gasteiger partial charge is 0.314 e. The van der Waals surface area contributed by atoms with Crippen molar-refractivity contribution >= 4 is 23.2 Å². The fourth-order valence-corrected chi connectivity index (χ4v) is 2.65. The van der Waals surface area contributed by atoms with Crippen molar-refractivity contribution in [3.63, 3.8) is 0 Å². The zero-order valence-electron chi connectivity index (χ0n) is 15.5. The largest absolute Gasteiger partial charge is 0.497 e. The topological polar surface area (TPSA) is 76.7 Å². The number of aryl methyl sites for hydroxylation is 2. The highest BCUT2D eigenvalue weighted by atomic mass is 16.5. The van der Waals surface area contributed by atoms with Crippen molar-refractivity contribution in [3.8, 4) is 11.5 Å². The molecule has 138 valence electrons. The van der Waals surface area contributed by atoms with Crippen LogP contribution >= 0.6 is 0 Å². The fraction of sp³-hybridized carbons (Fsp3) is 0.300. The lowest BCUT2D eigenvalue weighted by Gasteiger charge is -2.15. The van der Waals surface area contributed by atoms with Gasteiger partial charge in [-0.3, -0.25) is 9.59 Å². The SMILES string of the molecule is CCc1cccc(CC)c1NC(=O)C(=O)Nc1ccc(OC)cc1OC. The highest BCUT2D eigenvalue weighted by molar-refractivity contribution is 6.44. The van der Waals surface area contributed by atoms with Crippen LogP contribution in [-0.4, -0.2) is 26.0 Å². The van der Waals surface area contributed by atoms with E-state index in [0.717, 1.165) is 24.0 Å². The van der Waals surface area contributed by atoms with E-state index in [-0.39, 0.29) is 0 Å². The van der Waals surface area contributed by atoms with E-state index < -0.39 is 11.8 Å². The van der Waals surface area contributed by atoms with E-state index in [1.165, 1.54) is 14.2 Å². The molecule has 0 aliphatic heterocycles. The van der Waals surface area contributed by atoms with Crippen LogP contribution in [0, 0.1) is 0 Å². The Kier molecular flexibility index (Phi) is 6.60. The van der Waals surface area contributed by atoms with Gasteiger partial charge in [-0.05, 0) is 36.1 Å². The molecule has 0 saturated heterocycles. The molecule has 0 aromatic heterocycles. The van der Waals surface area contributed by atoms with E-state index in [1.807, 2.05) is 32.0 Å². The van der Waals surface area contributed by atoms with Crippen LogP contribution in [0.15, 0.2) is 36.4 Å². The molecule has 0 aliphatic rings. The molecule has 0 fully saturated rings. The minimum absolute atomic E-state index is 0.396. The van der Waals surface area contributed by atoms with Crippen LogP contribution in [0.2, 0.25) is 0 Å². The van der Waals surface area contributed by atoms with E-state index in [1.54, 1.807) is 18.2 Å². The molecular weight excluding hydrogens is 332 g/mol. The summed E-state index contributed by atoms with van der Waals surface area (Å²) >= 11 is 0. The van der Waals surface area contributed by atoms with Gasteiger partial charge in [0, 0.05) is 11.8 Å². The van der Waals surface area contributed by atoms with E-state index in [2.05, 4.69) is 10.6 Å². The van der Waals surface area contributed by atoms with Crippen LogP contribution in [0.25, 0.3) is 0 Å². The quantitative estimate of drug-likeness (QED) is 0.778. The molecule has 0 unspecified atom stereocenters. The molecule has 6 heteroatoms. The number of rotatable bonds is 6. The average Bonchev–Trinajstić information content (AvgIpc) is 2.68. The molecule has 0 heterocycles. The third-order valence-corrected chi connectivity index (χ3v) is 4.10. The molecule has 26 heavy (non-hydrogen) atoms. The average molecular weight is 356 g/mol. The van der Waals surface area contributed by atoms with Gasteiger partial charge in [-0.15, -0.1) is 0 Å². The first-order valence-electron chi connectivity index (χ1n) is 8.49. The Labute approximate surface area is 153 Å². The zero-order chi connectivity index (χ0) is 19.1. The molecule has 2 N–H and O–H groups in total. The van der Waals surface area contributed by atoms with E-state index in [0.29, 0.717) is 22.9 Å². The summed E-state index contributed by atoms with van der Waals surface area (Å²) in [6.07, 6.45) is 1.52. The first-order chi connectivity index (χ1) is 12.5. The van der Waals surface area contributed by atoms with Gasteiger partial charge >= 0.3 is 11.8 Å². The van der Waals surface area contributed by atoms with Crippen LogP contribution < -0.4 is 20.1 Å². The maximum absolute atomic E-state index is 12.4. The summed E-state index contributed by atoms with van der Waals surface area (Å²) in [5.74, 6) is -0.484. The zero-order valence-corrected chi connectivity index (χ0v) is 15.5. The summed E-state index contributed by atoms with van der Waals surface area (Å²) in [7, 11) is 3.02. The summed E-state index contributed by atoms with van der Waals surface area (Å²) in [4.78, 5) is 24.7. The summed E-state index contributed by atoms with van der Waals surface area (Å²) in [5.41, 5.74) is 3.09. The maximum Gasteiger partial charge on any atom is 0.314 e. The predicted octanol–water partition coefficient (Wildman–Crippen LogP) is 3.41. The number of carbonyl (C=O) groups is 2. The fourth-order valence-electron chi connectivity index (χ4n) is 2.65. The number of carbonyl (C=O) groups excluding carboxylic acids is 2. The van der Waals surface area contributed by atoms with E-state index in [4.69, 9.17) is 9.47 Å². The molecule has 0 spiro atoms. The second-order valence-electron chi connectivity index (χ2n) is 5.63. The Hall–Kier alpha value is -3.02. The number of methoxy groups -OCH3 is 2. The molecule has 0 aliphatic carbocycles. The van der Waals surface area contributed by atoms with Crippen molar-refractivity contribution in [2.75, 3.05) is 24.9 Å². The van der Waals surface area contributed by atoms with Crippen molar-refractivity contribution in [1.29, 1.82) is 0 Å². The predicted molar refractivity (Wildman–Crippen MR) is 102 cm³/mol. The van der Waals surface area contributed by atoms with Crippen LogP contribution in [0.4, 0.5) is 11.4 Å². The number of benzene rings is 2. The van der Waals surface area contributed by atoms with Crippen molar-refractivity contribution in [3.05, 3.63) is 47.5 Å². The van der Waals surface area contributed by atoms with Gasteiger partial charge in [0.05, 0.1) is 19.9 Å². The molecule has 0 atom stereocenters. The summed E-state index contributed by atoms with van der Waals surface area (Å²) < 4.78 is 10.4. The lowest BCUT2D eigenvalue weighted by Crippen LogP contribution is -2.30. The Balaban J connectivity index is 2.18. The van der Waals surface area contributed by atoms with Crippen molar-refractivity contribution in [2.24, 2.45) is 0 Å². The molecule has 2 rings (SSSR count). The third kappa shape index (κ3) is 4.33. The molecule has 2 amide bonds. The number of para-hydroxylation sites is 1. The third-order valence-electron chi connectivity index (χ3n) is 4.10. The Morgan fingerprint density at radius 1 is 0.885 bits per heavy atom. The number of hydrogen-bond acceptors (Lipinski definition) is 4. The highest BCUT2D eigenvalue weighted by Crippen LogP contribution is 2.29. The molecule has 0 radical (unpaired) electrons. The second kappa shape index (κ2) is 8.89. The summed E-state index contributed by atoms with van der Waals surface area (Å²) in [6, 6.07) is 10.8.